The minimum Gasteiger partial charge on any atom is -0.256 e. The number of rotatable bonds is 7. The van der Waals surface area contributed by atoms with E-state index in [9.17, 15) is 8.78 Å². The number of aryl methyl sites for hydroxylation is 3. The van der Waals surface area contributed by atoms with Crippen LogP contribution < -0.4 is 0 Å². The van der Waals surface area contributed by atoms with Gasteiger partial charge in [0.1, 0.15) is 0 Å². The molecule has 0 amide bonds. The molecule has 1 atom stereocenters. The standard InChI is InChI=1S/C18H22F2N2S/c1-11-7-12(2)16(23-10-13-3-4-13)8-14(11)5-6-15-9-21-18(22-15)17(19)20/h7-9,13,15,17H,3-6,10H2,1-2H3/t15-/m1/s1. The molecule has 1 aromatic carbocycles. The van der Waals surface area contributed by atoms with Gasteiger partial charge in [0.2, 0.25) is 0 Å². The van der Waals surface area contributed by atoms with Gasteiger partial charge in [-0.1, -0.05) is 6.07 Å². The van der Waals surface area contributed by atoms with Crippen molar-refractivity contribution in [2.45, 2.75) is 56.9 Å². The Hall–Kier alpha value is -1.23. The Bertz CT molecular complexity index is 636. The molecule has 1 aromatic rings. The molecule has 1 fully saturated rings. The van der Waals surface area contributed by atoms with Gasteiger partial charge in [-0.15, -0.1) is 11.8 Å². The van der Waals surface area contributed by atoms with Crippen LogP contribution in [0.1, 0.15) is 36.0 Å². The average molecular weight is 336 g/mol. The van der Waals surface area contributed by atoms with E-state index in [4.69, 9.17) is 0 Å². The van der Waals surface area contributed by atoms with Gasteiger partial charge in [-0.3, -0.25) is 4.99 Å². The number of amidine groups is 1. The van der Waals surface area contributed by atoms with Crippen molar-refractivity contribution in [1.82, 2.24) is 0 Å². The summed E-state index contributed by atoms with van der Waals surface area (Å²) in [5.74, 6) is 1.79. The molecule has 23 heavy (non-hydrogen) atoms. The summed E-state index contributed by atoms with van der Waals surface area (Å²) in [6, 6.07) is 4.31. The fraction of sp³-hybridized carbons (Fsp3) is 0.556. The molecule has 124 valence electrons. The Kier molecular flexibility index (Phi) is 5.14. The maximum atomic E-state index is 12.5. The molecule has 3 rings (SSSR count). The summed E-state index contributed by atoms with van der Waals surface area (Å²) < 4.78 is 25.1. The highest BCUT2D eigenvalue weighted by Gasteiger charge is 2.22. The van der Waals surface area contributed by atoms with E-state index in [0.29, 0.717) is 0 Å². The molecule has 0 saturated heterocycles. The number of hydrogen-bond donors (Lipinski definition) is 0. The normalized spacial score (nSPS) is 20.4. The van der Waals surface area contributed by atoms with E-state index in [-0.39, 0.29) is 11.9 Å². The molecule has 0 aromatic heterocycles. The smallest absolute Gasteiger partial charge is 0.256 e. The quantitative estimate of drug-likeness (QED) is 0.653. The zero-order chi connectivity index (χ0) is 16.4. The monoisotopic (exact) mass is 336 g/mol. The number of alkyl halides is 2. The topological polar surface area (TPSA) is 24.7 Å². The van der Waals surface area contributed by atoms with Gasteiger partial charge in [-0.05, 0) is 68.2 Å². The van der Waals surface area contributed by atoms with Crippen LogP contribution in [0.25, 0.3) is 0 Å². The van der Waals surface area contributed by atoms with Crippen molar-refractivity contribution in [1.29, 1.82) is 0 Å². The first-order chi connectivity index (χ1) is 11.0. The molecule has 0 bridgehead atoms. The summed E-state index contributed by atoms with van der Waals surface area (Å²) in [5.41, 5.74) is 3.90. The number of nitrogens with zero attached hydrogens (tertiary/aromatic N) is 2. The molecule has 0 unspecified atom stereocenters. The van der Waals surface area contributed by atoms with E-state index in [1.807, 2.05) is 11.8 Å². The molecular weight excluding hydrogens is 314 g/mol. The van der Waals surface area contributed by atoms with E-state index < -0.39 is 6.43 Å². The van der Waals surface area contributed by atoms with Crippen LogP contribution in [0.15, 0.2) is 27.0 Å². The number of benzene rings is 1. The van der Waals surface area contributed by atoms with Crippen molar-refractivity contribution in [3.63, 3.8) is 0 Å². The first-order valence-corrected chi connectivity index (χ1v) is 9.14. The third-order valence-corrected chi connectivity index (χ3v) is 5.78. The van der Waals surface area contributed by atoms with Crippen molar-refractivity contribution in [2.24, 2.45) is 15.9 Å². The zero-order valence-electron chi connectivity index (χ0n) is 13.6. The predicted molar refractivity (Wildman–Crippen MR) is 93.4 cm³/mol. The van der Waals surface area contributed by atoms with Crippen molar-refractivity contribution in [3.05, 3.63) is 28.8 Å². The molecule has 5 heteroatoms. The molecule has 0 N–H and O–H groups in total. The summed E-state index contributed by atoms with van der Waals surface area (Å²) in [7, 11) is 0. The molecule has 1 aliphatic heterocycles. The Morgan fingerprint density at radius 2 is 2.00 bits per heavy atom. The van der Waals surface area contributed by atoms with E-state index in [0.717, 1.165) is 18.8 Å². The summed E-state index contributed by atoms with van der Waals surface area (Å²) >= 11 is 1.95. The van der Waals surface area contributed by atoms with Gasteiger partial charge in [-0.2, -0.15) is 0 Å². The highest BCUT2D eigenvalue weighted by atomic mass is 32.2. The third kappa shape index (κ3) is 4.40. The molecule has 0 radical (unpaired) electrons. The van der Waals surface area contributed by atoms with E-state index in [2.05, 4.69) is 36.0 Å². The van der Waals surface area contributed by atoms with Gasteiger partial charge in [0.15, 0.2) is 5.84 Å². The SMILES string of the molecule is Cc1cc(C)c(SCC2CC2)cc1CC[C@@H]1C=NC(C(F)F)=N1. The van der Waals surface area contributed by atoms with Crippen LogP contribution in [-0.2, 0) is 6.42 Å². The first kappa shape index (κ1) is 16.6. The van der Waals surface area contributed by atoms with Crippen LogP contribution in [0.4, 0.5) is 8.78 Å². The average Bonchev–Trinajstić information content (AvgIpc) is 3.20. The molecular formula is C18H22F2N2S. The number of thioether (sulfide) groups is 1. The number of aliphatic imine (C=N–C) groups is 2. The second-order valence-electron chi connectivity index (χ2n) is 6.47. The molecule has 0 spiro atoms. The predicted octanol–water partition coefficient (Wildman–Crippen LogP) is 4.85. The second kappa shape index (κ2) is 7.12. The van der Waals surface area contributed by atoms with Gasteiger partial charge in [-0.25, -0.2) is 13.8 Å². The summed E-state index contributed by atoms with van der Waals surface area (Å²) in [5, 5.41) is 0. The van der Waals surface area contributed by atoms with Crippen molar-refractivity contribution in [2.75, 3.05) is 5.75 Å². The van der Waals surface area contributed by atoms with Crippen LogP contribution in [0.5, 0.6) is 0 Å². The fourth-order valence-electron chi connectivity index (χ4n) is 2.75. The maximum Gasteiger partial charge on any atom is 0.296 e. The van der Waals surface area contributed by atoms with Crippen LogP contribution in [-0.4, -0.2) is 30.3 Å². The molecule has 1 aliphatic carbocycles. The van der Waals surface area contributed by atoms with Gasteiger partial charge in [0.05, 0.1) is 6.04 Å². The minimum absolute atomic E-state index is 0.206. The van der Waals surface area contributed by atoms with E-state index in [1.54, 1.807) is 6.21 Å². The van der Waals surface area contributed by atoms with Crippen LogP contribution in [0.2, 0.25) is 0 Å². The molecule has 1 heterocycles. The Labute approximate surface area is 140 Å². The number of hydrogen-bond acceptors (Lipinski definition) is 3. The van der Waals surface area contributed by atoms with Crippen LogP contribution in [0.3, 0.4) is 0 Å². The van der Waals surface area contributed by atoms with E-state index >= 15 is 0 Å². The largest absolute Gasteiger partial charge is 0.296 e. The first-order valence-electron chi connectivity index (χ1n) is 8.16. The van der Waals surface area contributed by atoms with Crippen LogP contribution >= 0.6 is 11.8 Å². The lowest BCUT2D eigenvalue weighted by Crippen LogP contribution is -2.08. The summed E-state index contributed by atoms with van der Waals surface area (Å²) in [6.45, 7) is 4.28. The lowest BCUT2D eigenvalue weighted by molar-refractivity contribution is 0.224. The second-order valence-corrected chi connectivity index (χ2v) is 7.53. The van der Waals surface area contributed by atoms with Gasteiger partial charge >= 0.3 is 0 Å². The highest BCUT2D eigenvalue weighted by molar-refractivity contribution is 7.99. The van der Waals surface area contributed by atoms with Crippen molar-refractivity contribution >= 4 is 23.8 Å². The summed E-state index contributed by atoms with van der Waals surface area (Å²) in [6.07, 6.45) is 3.30. The molecule has 2 aliphatic rings. The van der Waals surface area contributed by atoms with Crippen LogP contribution in [0, 0.1) is 19.8 Å². The Morgan fingerprint density at radius 1 is 1.22 bits per heavy atom. The number of halogens is 2. The Balaban J connectivity index is 1.62. The lowest BCUT2D eigenvalue weighted by atomic mass is 9.99. The van der Waals surface area contributed by atoms with Gasteiger partial charge < -0.3 is 0 Å². The van der Waals surface area contributed by atoms with Gasteiger partial charge in [0, 0.05) is 16.9 Å². The molecule has 1 saturated carbocycles. The van der Waals surface area contributed by atoms with Crippen molar-refractivity contribution < 1.29 is 8.78 Å². The zero-order valence-corrected chi connectivity index (χ0v) is 14.4. The lowest BCUT2D eigenvalue weighted by Gasteiger charge is -2.13. The maximum absolute atomic E-state index is 12.5. The molecule has 2 nitrogen and oxygen atoms in total. The van der Waals surface area contributed by atoms with Gasteiger partial charge in [0.25, 0.3) is 6.43 Å². The third-order valence-electron chi connectivity index (χ3n) is 4.39. The summed E-state index contributed by atoms with van der Waals surface area (Å²) in [4.78, 5) is 9.04. The Morgan fingerprint density at radius 3 is 2.65 bits per heavy atom. The van der Waals surface area contributed by atoms with Crippen molar-refractivity contribution in [3.8, 4) is 0 Å². The minimum atomic E-state index is -2.57. The van der Waals surface area contributed by atoms with E-state index in [1.165, 1.54) is 40.2 Å². The highest BCUT2D eigenvalue weighted by Crippen LogP contribution is 2.36. The fourth-order valence-corrected chi connectivity index (χ4v) is 4.01.